The number of aryl methyl sites for hydroxylation is 1. The molecular formula is C12H20ClN3S. The lowest BCUT2D eigenvalue weighted by atomic mass is 10.3. The fraction of sp³-hybridized carbons (Fsp3) is 0.667. The van der Waals surface area contributed by atoms with Crippen LogP contribution < -0.4 is 5.32 Å². The maximum absolute atomic E-state index is 5.96. The van der Waals surface area contributed by atoms with Crippen molar-refractivity contribution in [2.45, 2.75) is 38.4 Å². The average Bonchev–Trinajstić information content (AvgIpc) is 2.28. The van der Waals surface area contributed by atoms with Crippen LogP contribution in [0.3, 0.4) is 0 Å². The highest BCUT2D eigenvalue weighted by atomic mass is 35.5. The number of nitrogens with zero attached hydrogens (tertiary/aromatic N) is 2. The van der Waals surface area contributed by atoms with E-state index >= 15 is 0 Å². The molecule has 0 fully saturated rings. The van der Waals surface area contributed by atoms with Crippen molar-refractivity contribution in [1.29, 1.82) is 0 Å². The van der Waals surface area contributed by atoms with Gasteiger partial charge in [-0.15, -0.1) is 0 Å². The second-order valence-electron chi connectivity index (χ2n) is 4.00. The summed E-state index contributed by atoms with van der Waals surface area (Å²) in [5.41, 5.74) is 0. The minimum atomic E-state index is 0.517. The molecule has 1 aromatic heterocycles. The van der Waals surface area contributed by atoms with Crippen LogP contribution in [0.5, 0.6) is 0 Å². The molecule has 0 bridgehead atoms. The Bertz CT molecular complexity index is 347. The van der Waals surface area contributed by atoms with Crippen LogP contribution in [0.2, 0.25) is 5.15 Å². The van der Waals surface area contributed by atoms with Gasteiger partial charge >= 0.3 is 0 Å². The SMILES string of the molecule is CCCc1nc(Cl)cc(NCCC(C)SC)n1. The van der Waals surface area contributed by atoms with Crippen molar-refractivity contribution >= 4 is 29.2 Å². The summed E-state index contributed by atoms with van der Waals surface area (Å²) in [5, 5.41) is 4.48. The van der Waals surface area contributed by atoms with E-state index in [1.165, 1.54) is 0 Å². The summed E-state index contributed by atoms with van der Waals surface area (Å²) in [5.74, 6) is 1.65. The summed E-state index contributed by atoms with van der Waals surface area (Å²) in [6.45, 7) is 5.25. The zero-order valence-electron chi connectivity index (χ0n) is 10.7. The molecule has 1 rings (SSSR count). The summed E-state index contributed by atoms with van der Waals surface area (Å²) in [4.78, 5) is 8.63. The monoisotopic (exact) mass is 273 g/mol. The molecule has 0 saturated carbocycles. The third-order valence-electron chi connectivity index (χ3n) is 2.47. The Morgan fingerprint density at radius 2 is 2.24 bits per heavy atom. The molecular weight excluding hydrogens is 254 g/mol. The molecule has 96 valence electrons. The van der Waals surface area contributed by atoms with Gasteiger partial charge in [-0.1, -0.05) is 25.4 Å². The lowest BCUT2D eigenvalue weighted by Crippen LogP contribution is -2.10. The molecule has 0 aromatic carbocycles. The van der Waals surface area contributed by atoms with Gasteiger partial charge in [0.15, 0.2) is 0 Å². The first-order chi connectivity index (χ1) is 8.15. The van der Waals surface area contributed by atoms with E-state index in [0.29, 0.717) is 10.4 Å². The van der Waals surface area contributed by atoms with Gasteiger partial charge < -0.3 is 5.32 Å². The number of halogens is 1. The highest BCUT2D eigenvalue weighted by molar-refractivity contribution is 7.99. The van der Waals surface area contributed by atoms with Crippen LogP contribution in [0.25, 0.3) is 0 Å². The number of nitrogens with one attached hydrogen (secondary N) is 1. The van der Waals surface area contributed by atoms with E-state index in [-0.39, 0.29) is 0 Å². The second kappa shape index (κ2) is 7.77. The van der Waals surface area contributed by atoms with E-state index in [9.17, 15) is 0 Å². The van der Waals surface area contributed by atoms with E-state index < -0.39 is 0 Å². The van der Waals surface area contributed by atoms with Crippen molar-refractivity contribution < 1.29 is 0 Å². The highest BCUT2D eigenvalue weighted by Gasteiger charge is 2.03. The van der Waals surface area contributed by atoms with Crippen molar-refractivity contribution in [3.8, 4) is 0 Å². The van der Waals surface area contributed by atoms with Gasteiger partial charge in [-0.05, 0) is 19.1 Å². The standard InChI is InChI=1S/C12H20ClN3S/c1-4-5-11-15-10(13)8-12(16-11)14-7-6-9(2)17-3/h8-9H,4-7H2,1-3H3,(H,14,15,16). The molecule has 0 amide bonds. The van der Waals surface area contributed by atoms with E-state index in [2.05, 4.69) is 35.4 Å². The van der Waals surface area contributed by atoms with E-state index in [4.69, 9.17) is 11.6 Å². The Hall–Kier alpha value is -0.480. The smallest absolute Gasteiger partial charge is 0.134 e. The molecule has 17 heavy (non-hydrogen) atoms. The quantitative estimate of drug-likeness (QED) is 0.770. The van der Waals surface area contributed by atoms with Gasteiger partial charge in [-0.3, -0.25) is 0 Å². The Morgan fingerprint density at radius 3 is 2.88 bits per heavy atom. The molecule has 1 atom stereocenters. The first kappa shape index (κ1) is 14.6. The zero-order chi connectivity index (χ0) is 12.7. The van der Waals surface area contributed by atoms with Gasteiger partial charge in [0.25, 0.3) is 0 Å². The van der Waals surface area contributed by atoms with E-state index in [0.717, 1.165) is 37.4 Å². The van der Waals surface area contributed by atoms with Crippen molar-refractivity contribution in [2.24, 2.45) is 0 Å². The lowest BCUT2D eigenvalue weighted by Gasteiger charge is -2.10. The molecule has 3 nitrogen and oxygen atoms in total. The molecule has 1 heterocycles. The van der Waals surface area contributed by atoms with Crippen LogP contribution in [-0.2, 0) is 6.42 Å². The van der Waals surface area contributed by atoms with Gasteiger partial charge in [0.1, 0.15) is 16.8 Å². The molecule has 1 unspecified atom stereocenters. The van der Waals surface area contributed by atoms with Gasteiger partial charge in [0.05, 0.1) is 0 Å². The topological polar surface area (TPSA) is 37.8 Å². The predicted octanol–water partition coefficient (Wildman–Crippen LogP) is 3.64. The fourth-order valence-corrected chi connectivity index (χ4v) is 1.97. The van der Waals surface area contributed by atoms with Crippen LogP contribution in [0, 0.1) is 0 Å². The van der Waals surface area contributed by atoms with E-state index in [1.807, 2.05) is 11.8 Å². The molecule has 0 radical (unpaired) electrons. The van der Waals surface area contributed by atoms with Gasteiger partial charge in [0.2, 0.25) is 0 Å². The summed E-state index contributed by atoms with van der Waals surface area (Å²) in [7, 11) is 0. The lowest BCUT2D eigenvalue weighted by molar-refractivity contribution is 0.821. The third kappa shape index (κ3) is 5.59. The van der Waals surface area contributed by atoms with Crippen LogP contribution >= 0.6 is 23.4 Å². The van der Waals surface area contributed by atoms with Crippen molar-refractivity contribution in [3.63, 3.8) is 0 Å². The Kier molecular flexibility index (Phi) is 6.66. The maximum atomic E-state index is 5.96. The molecule has 1 aromatic rings. The number of hydrogen-bond acceptors (Lipinski definition) is 4. The zero-order valence-corrected chi connectivity index (χ0v) is 12.2. The van der Waals surface area contributed by atoms with Crippen LogP contribution in [-0.4, -0.2) is 28.0 Å². The molecule has 0 aliphatic heterocycles. The number of thioether (sulfide) groups is 1. The minimum absolute atomic E-state index is 0.517. The maximum Gasteiger partial charge on any atom is 0.134 e. The van der Waals surface area contributed by atoms with Gasteiger partial charge in [-0.2, -0.15) is 11.8 Å². The summed E-state index contributed by atoms with van der Waals surface area (Å²) >= 11 is 7.83. The average molecular weight is 274 g/mol. The largest absolute Gasteiger partial charge is 0.370 e. The van der Waals surface area contributed by atoms with Crippen LogP contribution in [0.4, 0.5) is 5.82 Å². The highest BCUT2D eigenvalue weighted by Crippen LogP contribution is 2.14. The molecule has 0 aliphatic rings. The Morgan fingerprint density at radius 1 is 1.47 bits per heavy atom. The predicted molar refractivity (Wildman–Crippen MR) is 77.1 cm³/mol. The number of aromatic nitrogens is 2. The molecule has 0 aliphatic carbocycles. The van der Waals surface area contributed by atoms with Crippen molar-refractivity contribution in [3.05, 3.63) is 17.0 Å². The first-order valence-corrected chi connectivity index (χ1v) is 7.62. The molecule has 0 spiro atoms. The van der Waals surface area contributed by atoms with Crippen LogP contribution in [0.15, 0.2) is 6.07 Å². The summed E-state index contributed by atoms with van der Waals surface area (Å²) < 4.78 is 0. The Balaban J connectivity index is 2.52. The molecule has 1 N–H and O–H groups in total. The third-order valence-corrected chi connectivity index (χ3v) is 3.71. The van der Waals surface area contributed by atoms with Crippen molar-refractivity contribution in [2.75, 3.05) is 18.1 Å². The number of hydrogen-bond donors (Lipinski definition) is 1. The second-order valence-corrected chi connectivity index (χ2v) is 5.67. The molecule has 5 heteroatoms. The Labute approximate surface area is 113 Å². The normalized spacial score (nSPS) is 12.5. The minimum Gasteiger partial charge on any atom is -0.370 e. The first-order valence-electron chi connectivity index (χ1n) is 5.95. The van der Waals surface area contributed by atoms with Crippen LogP contribution in [0.1, 0.15) is 32.5 Å². The van der Waals surface area contributed by atoms with Gasteiger partial charge in [0, 0.05) is 24.3 Å². The fourth-order valence-electron chi connectivity index (χ4n) is 1.41. The summed E-state index contributed by atoms with van der Waals surface area (Å²) in [6.07, 6.45) is 5.15. The number of anilines is 1. The number of rotatable bonds is 7. The molecule has 0 saturated heterocycles. The van der Waals surface area contributed by atoms with Crippen molar-refractivity contribution in [1.82, 2.24) is 9.97 Å². The van der Waals surface area contributed by atoms with E-state index in [1.54, 1.807) is 6.07 Å². The summed E-state index contributed by atoms with van der Waals surface area (Å²) in [6, 6.07) is 1.78. The van der Waals surface area contributed by atoms with Gasteiger partial charge in [-0.25, -0.2) is 9.97 Å².